The summed E-state index contributed by atoms with van der Waals surface area (Å²) in [6, 6.07) is 18.5. The van der Waals surface area contributed by atoms with E-state index < -0.39 is 4.67 Å². The molecule has 0 N–H and O–H groups in total. The average Bonchev–Trinajstić information content (AvgIpc) is 2.74. The maximum absolute atomic E-state index is 5.97. The lowest BCUT2D eigenvalue weighted by atomic mass is 10.2. The van der Waals surface area contributed by atoms with Gasteiger partial charge in [0.1, 0.15) is 5.75 Å². The minimum atomic E-state index is -1.85. The third-order valence-corrected chi connectivity index (χ3v) is 11.0. The van der Waals surface area contributed by atoms with Crippen molar-refractivity contribution in [3.05, 3.63) is 60.2 Å². The van der Waals surface area contributed by atoms with E-state index in [1.165, 1.54) is 10.5 Å². The summed E-state index contributed by atoms with van der Waals surface area (Å²) in [5.74, 6) is 1.87. The normalized spacial score (nSPS) is 21.3. The Morgan fingerprint density at radius 3 is 2.56 bits per heavy atom. The number of benzene rings is 2. The van der Waals surface area contributed by atoms with Crippen molar-refractivity contribution in [1.82, 2.24) is 0 Å². The topological polar surface area (TPSA) is 9.23 Å². The first-order valence-corrected chi connectivity index (χ1v) is 11.3. The molecule has 0 spiro atoms. The maximum Gasteiger partial charge on any atom is 0.227 e. The van der Waals surface area contributed by atoms with Crippen molar-refractivity contribution in [3.63, 3.8) is 0 Å². The van der Waals surface area contributed by atoms with E-state index in [0.717, 1.165) is 11.5 Å². The Hall–Kier alpha value is -0.410. The van der Waals surface area contributed by atoms with Gasteiger partial charge in [-0.15, -0.1) is 0 Å². The molecule has 92 valence electrons. The molecule has 18 heavy (non-hydrogen) atoms. The van der Waals surface area contributed by atoms with Gasteiger partial charge < -0.3 is 4.52 Å². The molecular weight excluding hydrogens is 299 g/mol. The molecule has 1 unspecified atom stereocenters. The number of hydrogen-bond donors (Lipinski definition) is 0. The van der Waals surface area contributed by atoms with Gasteiger partial charge in [-0.2, -0.15) is 0 Å². The van der Waals surface area contributed by atoms with Gasteiger partial charge >= 0.3 is 0 Å². The molecule has 1 aliphatic heterocycles. The van der Waals surface area contributed by atoms with Crippen LogP contribution in [0.2, 0.25) is 0 Å². The molecule has 1 atom stereocenters. The van der Waals surface area contributed by atoms with Gasteiger partial charge in [0.05, 0.1) is 4.90 Å². The summed E-state index contributed by atoms with van der Waals surface area (Å²) in [6.07, 6.45) is 0. The highest BCUT2D eigenvalue weighted by molar-refractivity contribution is 8.99. The highest BCUT2D eigenvalue weighted by atomic mass is 33.2. The van der Waals surface area contributed by atoms with Crippen molar-refractivity contribution in [1.29, 1.82) is 0 Å². The first kappa shape index (κ1) is 12.6. The van der Waals surface area contributed by atoms with E-state index in [1.807, 2.05) is 24.3 Å². The number of fused-ring (bicyclic) bond motifs is 1. The molecule has 0 saturated carbocycles. The van der Waals surface area contributed by atoms with E-state index in [1.54, 1.807) is 22.8 Å². The largest absolute Gasteiger partial charge is 0.447 e. The molecule has 0 aromatic heterocycles. The second-order valence-electron chi connectivity index (χ2n) is 3.84. The molecule has 1 nitrogen and oxygen atoms in total. The van der Waals surface area contributed by atoms with Crippen LogP contribution in [0.4, 0.5) is 0 Å². The Morgan fingerprint density at radius 2 is 1.78 bits per heavy atom. The quantitative estimate of drug-likeness (QED) is 0.708. The minimum Gasteiger partial charge on any atom is -0.447 e. The summed E-state index contributed by atoms with van der Waals surface area (Å²) in [6.45, 7) is 0. The lowest BCUT2D eigenvalue weighted by molar-refractivity contribution is 0.628. The van der Waals surface area contributed by atoms with Crippen LogP contribution in [0.3, 0.4) is 0 Å². The van der Waals surface area contributed by atoms with Crippen molar-refractivity contribution in [2.75, 3.05) is 0 Å². The van der Waals surface area contributed by atoms with Gasteiger partial charge in [-0.05, 0) is 40.9 Å². The van der Waals surface area contributed by atoms with Gasteiger partial charge in [-0.1, -0.05) is 53.8 Å². The zero-order valence-electron chi connectivity index (χ0n) is 9.48. The van der Waals surface area contributed by atoms with Gasteiger partial charge in [-0.3, -0.25) is 0 Å². The first-order chi connectivity index (χ1) is 8.75. The zero-order chi connectivity index (χ0) is 12.4. The average molecular weight is 310 g/mol. The Morgan fingerprint density at radius 1 is 1.06 bits per heavy atom. The standard InChI is InChI=1S/C13H11OPS3/c16-15(17-10-11-6-2-1-3-7-11)14-12-8-4-5-9-13(12)18-15/h1-9H,10H2. The first-order valence-electron chi connectivity index (χ1n) is 5.52. The van der Waals surface area contributed by atoms with E-state index >= 15 is 0 Å². The minimum absolute atomic E-state index is 0.916. The number of rotatable bonds is 3. The third-order valence-electron chi connectivity index (χ3n) is 2.50. The molecule has 0 radical (unpaired) electrons. The fourth-order valence-corrected chi connectivity index (χ4v) is 9.44. The summed E-state index contributed by atoms with van der Waals surface area (Å²) >= 11 is 9.17. The predicted molar refractivity (Wildman–Crippen MR) is 84.9 cm³/mol. The molecule has 0 saturated heterocycles. The lowest BCUT2D eigenvalue weighted by Gasteiger charge is -2.13. The molecule has 0 bridgehead atoms. The van der Waals surface area contributed by atoms with Crippen LogP contribution in [0, 0.1) is 0 Å². The van der Waals surface area contributed by atoms with Gasteiger partial charge in [-0.25, -0.2) is 0 Å². The summed E-state index contributed by atoms with van der Waals surface area (Å²) in [5.41, 5.74) is 1.30. The van der Waals surface area contributed by atoms with Crippen LogP contribution in [-0.2, 0) is 17.6 Å². The van der Waals surface area contributed by atoms with Crippen molar-refractivity contribution < 1.29 is 4.52 Å². The summed E-state index contributed by atoms with van der Waals surface area (Å²) in [4.78, 5) is 1.18. The molecule has 0 aliphatic carbocycles. The zero-order valence-corrected chi connectivity index (χ0v) is 12.8. The van der Waals surface area contributed by atoms with Crippen molar-refractivity contribution >= 4 is 39.2 Å². The Balaban J connectivity index is 1.70. The summed E-state index contributed by atoms with van der Waals surface area (Å²) in [5, 5.41) is 0. The van der Waals surface area contributed by atoms with Gasteiger partial charge in [0.25, 0.3) is 0 Å². The van der Waals surface area contributed by atoms with Crippen molar-refractivity contribution in [2.45, 2.75) is 10.6 Å². The van der Waals surface area contributed by atoms with Crippen LogP contribution < -0.4 is 4.52 Å². The van der Waals surface area contributed by atoms with E-state index in [9.17, 15) is 0 Å². The Kier molecular flexibility index (Phi) is 3.71. The number of hydrogen-bond acceptors (Lipinski definition) is 4. The van der Waals surface area contributed by atoms with Crippen LogP contribution >= 0.6 is 27.4 Å². The Labute approximate surface area is 120 Å². The van der Waals surface area contributed by atoms with Gasteiger partial charge in [0.15, 0.2) is 0 Å². The van der Waals surface area contributed by atoms with Crippen molar-refractivity contribution in [2.24, 2.45) is 0 Å². The molecule has 2 aromatic carbocycles. The lowest BCUT2D eigenvalue weighted by Crippen LogP contribution is -1.81. The highest BCUT2D eigenvalue weighted by Crippen LogP contribution is 2.77. The molecule has 5 heteroatoms. The molecule has 1 aliphatic rings. The van der Waals surface area contributed by atoms with E-state index in [4.69, 9.17) is 16.3 Å². The van der Waals surface area contributed by atoms with Crippen LogP contribution in [0.25, 0.3) is 0 Å². The SMILES string of the molecule is S=P1(SCc2ccccc2)Oc2ccccc2S1. The number of para-hydroxylation sites is 1. The van der Waals surface area contributed by atoms with Gasteiger partial charge in [0.2, 0.25) is 4.67 Å². The molecule has 2 aromatic rings. The monoisotopic (exact) mass is 310 g/mol. The second kappa shape index (κ2) is 5.30. The molecule has 1 heterocycles. The maximum atomic E-state index is 5.97. The molecule has 3 rings (SSSR count). The third kappa shape index (κ3) is 2.77. The smallest absolute Gasteiger partial charge is 0.227 e. The fraction of sp³-hybridized carbons (Fsp3) is 0.0769. The summed E-state index contributed by atoms with van der Waals surface area (Å²) < 4.78 is 4.12. The predicted octanol–water partition coefficient (Wildman–Crippen LogP) is 5.33. The van der Waals surface area contributed by atoms with E-state index in [2.05, 4.69) is 30.3 Å². The fourth-order valence-electron chi connectivity index (χ4n) is 1.64. The van der Waals surface area contributed by atoms with Crippen LogP contribution in [0.15, 0.2) is 59.5 Å². The van der Waals surface area contributed by atoms with Crippen LogP contribution in [0.5, 0.6) is 5.75 Å². The molecule has 0 amide bonds. The molecular formula is C13H11OPS3. The van der Waals surface area contributed by atoms with Gasteiger partial charge in [0, 0.05) is 5.75 Å². The van der Waals surface area contributed by atoms with E-state index in [0.29, 0.717) is 0 Å². The van der Waals surface area contributed by atoms with Crippen LogP contribution in [0.1, 0.15) is 5.56 Å². The van der Waals surface area contributed by atoms with Crippen molar-refractivity contribution in [3.8, 4) is 5.75 Å². The summed E-state index contributed by atoms with van der Waals surface area (Å²) in [7, 11) is 0. The van der Waals surface area contributed by atoms with Crippen LogP contribution in [-0.4, -0.2) is 0 Å². The Bertz CT molecular complexity index is 571. The molecule has 0 fully saturated rings. The highest BCUT2D eigenvalue weighted by Gasteiger charge is 2.30. The second-order valence-corrected chi connectivity index (χ2v) is 14.1. The van der Waals surface area contributed by atoms with E-state index in [-0.39, 0.29) is 0 Å².